The van der Waals surface area contributed by atoms with Gasteiger partial charge in [-0.3, -0.25) is 0 Å². The summed E-state index contributed by atoms with van der Waals surface area (Å²) in [5.41, 5.74) is 1.35. The van der Waals surface area contributed by atoms with Gasteiger partial charge in [0.25, 0.3) is 0 Å². The first-order valence-corrected chi connectivity index (χ1v) is 7.10. The monoisotopic (exact) mass is 360 g/mol. The van der Waals surface area contributed by atoms with Gasteiger partial charge in [-0.05, 0) is 30.2 Å². The summed E-state index contributed by atoms with van der Waals surface area (Å²) in [6, 6.07) is 7.70. The Labute approximate surface area is 129 Å². The summed E-state index contributed by atoms with van der Waals surface area (Å²) in [6.45, 7) is 1.84. The maximum absolute atomic E-state index is 14.1. The van der Waals surface area contributed by atoms with E-state index >= 15 is 0 Å². The van der Waals surface area contributed by atoms with Crippen molar-refractivity contribution in [1.82, 2.24) is 0 Å². The molecule has 1 atom stereocenters. The summed E-state index contributed by atoms with van der Waals surface area (Å²) in [5, 5.41) is -0.904. The Bertz CT molecular complexity index is 623. The fourth-order valence-corrected chi connectivity index (χ4v) is 2.78. The van der Waals surface area contributed by atoms with E-state index in [-0.39, 0.29) is 11.3 Å². The van der Waals surface area contributed by atoms with Crippen molar-refractivity contribution >= 4 is 27.5 Å². The van der Waals surface area contributed by atoms with Gasteiger partial charge >= 0.3 is 0 Å². The smallest absolute Gasteiger partial charge is 0.134 e. The molecule has 0 amide bonds. The van der Waals surface area contributed by atoms with Crippen LogP contribution in [-0.4, -0.2) is 7.11 Å². The molecular weight excluding hydrogens is 350 g/mol. The van der Waals surface area contributed by atoms with E-state index in [1.165, 1.54) is 7.11 Å². The first-order chi connectivity index (χ1) is 9.43. The topological polar surface area (TPSA) is 9.23 Å². The fraction of sp³-hybridized carbons (Fsp3) is 0.200. The number of alkyl halides is 1. The molecule has 0 N–H and O–H groups in total. The predicted molar refractivity (Wildman–Crippen MR) is 79.5 cm³/mol. The number of rotatable bonds is 3. The van der Waals surface area contributed by atoms with Crippen LogP contribution in [0.5, 0.6) is 5.75 Å². The molecule has 20 heavy (non-hydrogen) atoms. The summed E-state index contributed by atoms with van der Waals surface area (Å²) < 4.78 is 33.7. The van der Waals surface area contributed by atoms with Gasteiger partial charge in [-0.15, -0.1) is 11.6 Å². The van der Waals surface area contributed by atoms with Crippen LogP contribution in [0.25, 0.3) is 0 Å². The van der Waals surface area contributed by atoms with Gasteiger partial charge in [0.05, 0.1) is 12.5 Å². The number of ether oxygens (including phenoxy) is 1. The van der Waals surface area contributed by atoms with Crippen LogP contribution in [0.15, 0.2) is 34.8 Å². The van der Waals surface area contributed by atoms with E-state index in [2.05, 4.69) is 15.9 Å². The molecule has 0 radical (unpaired) electrons. The molecule has 0 fully saturated rings. The average molecular weight is 362 g/mol. The summed E-state index contributed by atoms with van der Waals surface area (Å²) in [5.74, 6) is -1.32. The molecule has 106 valence electrons. The number of aryl methyl sites for hydroxylation is 1. The highest BCUT2D eigenvalue weighted by Crippen LogP contribution is 2.36. The normalized spacial score (nSPS) is 12.3. The lowest BCUT2D eigenvalue weighted by Crippen LogP contribution is -2.03. The summed E-state index contributed by atoms with van der Waals surface area (Å²) in [4.78, 5) is 0. The van der Waals surface area contributed by atoms with Crippen LogP contribution in [0.4, 0.5) is 8.78 Å². The minimum absolute atomic E-state index is 0.124. The number of methoxy groups -OCH3 is 1. The Balaban J connectivity index is 2.53. The number of hydrogen-bond donors (Lipinski definition) is 0. The SMILES string of the molecule is COc1cc(F)c(C(Cl)c2cc(Br)ccc2C)c(F)c1. The second kappa shape index (κ2) is 6.10. The first-order valence-electron chi connectivity index (χ1n) is 5.87. The van der Waals surface area contributed by atoms with Crippen molar-refractivity contribution in [3.8, 4) is 5.75 Å². The molecule has 0 aliphatic rings. The Hall–Kier alpha value is -1.13. The van der Waals surface area contributed by atoms with Gasteiger partial charge < -0.3 is 4.74 Å². The lowest BCUT2D eigenvalue weighted by molar-refractivity contribution is 0.405. The van der Waals surface area contributed by atoms with Crippen molar-refractivity contribution < 1.29 is 13.5 Å². The first kappa shape index (κ1) is 15.3. The largest absolute Gasteiger partial charge is 0.497 e. The van der Waals surface area contributed by atoms with Crippen LogP contribution in [0, 0.1) is 18.6 Å². The van der Waals surface area contributed by atoms with E-state index in [9.17, 15) is 8.78 Å². The molecule has 0 aliphatic heterocycles. The molecule has 2 aromatic carbocycles. The van der Waals surface area contributed by atoms with Gasteiger partial charge in [0, 0.05) is 22.2 Å². The lowest BCUT2D eigenvalue weighted by atomic mass is 9.99. The highest BCUT2D eigenvalue weighted by molar-refractivity contribution is 9.10. The van der Waals surface area contributed by atoms with Crippen LogP contribution >= 0.6 is 27.5 Å². The Morgan fingerprint density at radius 3 is 2.30 bits per heavy atom. The van der Waals surface area contributed by atoms with E-state index in [0.29, 0.717) is 5.56 Å². The van der Waals surface area contributed by atoms with Gasteiger partial charge in [-0.1, -0.05) is 22.0 Å². The molecule has 2 aromatic rings. The van der Waals surface area contributed by atoms with Gasteiger partial charge in [0.15, 0.2) is 0 Å². The van der Waals surface area contributed by atoms with Crippen molar-refractivity contribution in [2.45, 2.75) is 12.3 Å². The average Bonchev–Trinajstić information content (AvgIpc) is 2.40. The number of benzene rings is 2. The van der Waals surface area contributed by atoms with Crippen molar-refractivity contribution in [3.63, 3.8) is 0 Å². The molecule has 5 heteroatoms. The molecule has 0 aliphatic carbocycles. The minimum Gasteiger partial charge on any atom is -0.497 e. The second-order valence-corrected chi connectivity index (χ2v) is 5.72. The van der Waals surface area contributed by atoms with Gasteiger partial charge in [-0.2, -0.15) is 0 Å². The minimum atomic E-state index is -0.904. The summed E-state index contributed by atoms with van der Waals surface area (Å²) >= 11 is 9.60. The molecule has 2 rings (SSSR count). The second-order valence-electron chi connectivity index (χ2n) is 4.37. The van der Waals surface area contributed by atoms with Gasteiger partial charge in [-0.25, -0.2) is 8.78 Å². The standard InChI is InChI=1S/C15H12BrClF2O/c1-8-3-4-9(16)5-11(8)15(17)14-12(18)6-10(20-2)7-13(14)19/h3-7,15H,1-2H3. The third-order valence-electron chi connectivity index (χ3n) is 3.06. The van der Waals surface area contributed by atoms with Crippen molar-refractivity contribution in [1.29, 1.82) is 0 Å². The molecule has 0 saturated carbocycles. The predicted octanol–water partition coefficient (Wildman–Crippen LogP) is 5.37. The zero-order chi connectivity index (χ0) is 14.9. The van der Waals surface area contributed by atoms with E-state index in [1.807, 2.05) is 19.1 Å². The molecular formula is C15H12BrClF2O. The highest BCUT2D eigenvalue weighted by atomic mass is 79.9. The van der Waals surface area contributed by atoms with Crippen LogP contribution in [0.2, 0.25) is 0 Å². The Kier molecular flexibility index (Phi) is 4.66. The molecule has 0 saturated heterocycles. The van der Waals surface area contributed by atoms with E-state index < -0.39 is 17.0 Å². The molecule has 0 spiro atoms. The third-order valence-corrected chi connectivity index (χ3v) is 4.00. The summed E-state index contributed by atoms with van der Waals surface area (Å²) in [6.07, 6.45) is 0. The Morgan fingerprint density at radius 2 is 1.75 bits per heavy atom. The maximum atomic E-state index is 14.1. The van der Waals surface area contributed by atoms with Crippen LogP contribution < -0.4 is 4.74 Å². The van der Waals surface area contributed by atoms with Crippen molar-refractivity contribution in [3.05, 3.63) is 63.1 Å². The molecule has 1 nitrogen and oxygen atoms in total. The fourth-order valence-electron chi connectivity index (χ4n) is 1.96. The van der Waals surface area contributed by atoms with E-state index in [0.717, 1.165) is 22.2 Å². The molecule has 1 unspecified atom stereocenters. The van der Waals surface area contributed by atoms with Crippen molar-refractivity contribution in [2.75, 3.05) is 7.11 Å². The van der Waals surface area contributed by atoms with Crippen LogP contribution in [0.1, 0.15) is 22.1 Å². The molecule has 0 bridgehead atoms. The molecule has 0 heterocycles. The van der Waals surface area contributed by atoms with Crippen LogP contribution in [0.3, 0.4) is 0 Å². The van der Waals surface area contributed by atoms with Gasteiger partial charge in [0.1, 0.15) is 17.4 Å². The van der Waals surface area contributed by atoms with E-state index in [1.54, 1.807) is 6.07 Å². The number of halogens is 4. The lowest BCUT2D eigenvalue weighted by Gasteiger charge is -2.16. The zero-order valence-electron chi connectivity index (χ0n) is 10.9. The van der Waals surface area contributed by atoms with E-state index in [4.69, 9.17) is 16.3 Å². The summed E-state index contributed by atoms with van der Waals surface area (Å²) in [7, 11) is 1.35. The third kappa shape index (κ3) is 2.96. The van der Waals surface area contributed by atoms with Crippen molar-refractivity contribution in [2.24, 2.45) is 0 Å². The zero-order valence-corrected chi connectivity index (χ0v) is 13.2. The maximum Gasteiger partial charge on any atom is 0.134 e. The van der Waals surface area contributed by atoms with Gasteiger partial charge in [0.2, 0.25) is 0 Å². The quantitative estimate of drug-likeness (QED) is 0.668. The molecule has 0 aromatic heterocycles. The Morgan fingerprint density at radius 1 is 1.15 bits per heavy atom. The highest BCUT2D eigenvalue weighted by Gasteiger charge is 2.22. The number of hydrogen-bond acceptors (Lipinski definition) is 1. The van der Waals surface area contributed by atoms with Crippen LogP contribution in [-0.2, 0) is 0 Å².